The molecule has 2 heterocycles. The lowest BCUT2D eigenvalue weighted by Gasteiger charge is -2.15. The lowest BCUT2D eigenvalue weighted by atomic mass is 9.97. The van der Waals surface area contributed by atoms with Crippen molar-refractivity contribution < 1.29 is 4.79 Å². The summed E-state index contributed by atoms with van der Waals surface area (Å²) in [6, 6.07) is 0. The van der Waals surface area contributed by atoms with Crippen LogP contribution in [0.25, 0.3) is 0 Å². The predicted molar refractivity (Wildman–Crippen MR) is 94.7 cm³/mol. The van der Waals surface area contributed by atoms with Gasteiger partial charge < -0.3 is 4.98 Å². The summed E-state index contributed by atoms with van der Waals surface area (Å²) in [5, 5.41) is 12.2. The maximum Gasteiger partial charge on any atom is 0.254 e. The van der Waals surface area contributed by atoms with Gasteiger partial charge in [-0.1, -0.05) is 30.0 Å². The van der Waals surface area contributed by atoms with E-state index < -0.39 is 5.25 Å². The van der Waals surface area contributed by atoms with Gasteiger partial charge >= 0.3 is 0 Å². The summed E-state index contributed by atoms with van der Waals surface area (Å²) in [6.07, 6.45) is 4.50. The number of amides is 1. The topological polar surface area (TPSA) is 101 Å². The molecule has 2 aromatic rings. The van der Waals surface area contributed by atoms with E-state index in [1.54, 1.807) is 6.92 Å². The number of aromatic amines is 1. The molecule has 2 N–H and O–H groups in total. The van der Waals surface area contributed by atoms with Gasteiger partial charge in [-0.25, -0.2) is 4.98 Å². The molecule has 0 saturated heterocycles. The molecule has 3 rings (SSSR count). The first-order valence-corrected chi connectivity index (χ1v) is 9.68. The largest absolute Gasteiger partial charge is 0.301 e. The molecular weight excluding hydrogens is 346 g/mol. The number of hydrogen-bond donors (Lipinski definition) is 2. The van der Waals surface area contributed by atoms with E-state index in [4.69, 9.17) is 0 Å². The summed E-state index contributed by atoms with van der Waals surface area (Å²) in [5.41, 5.74) is 1.59. The molecule has 0 aliphatic heterocycles. The molecule has 2 aromatic heterocycles. The van der Waals surface area contributed by atoms with Crippen molar-refractivity contribution in [3.05, 3.63) is 26.6 Å². The molecule has 0 saturated carbocycles. The molecule has 24 heavy (non-hydrogen) atoms. The molecule has 128 valence electrons. The highest BCUT2D eigenvalue weighted by atomic mass is 32.2. The number of anilines is 1. The Hall–Kier alpha value is -1.74. The molecule has 9 heteroatoms. The fraction of sp³-hybridized carbons (Fsp3) is 0.533. The summed E-state index contributed by atoms with van der Waals surface area (Å²) < 4.78 is 0. The van der Waals surface area contributed by atoms with Crippen LogP contribution in [0.4, 0.5) is 5.13 Å². The number of nitrogens with zero attached hydrogens (tertiary/aromatic N) is 3. The number of carbonyl (C=O) groups excluding carboxylic acids is 1. The van der Waals surface area contributed by atoms with E-state index in [9.17, 15) is 9.59 Å². The van der Waals surface area contributed by atoms with E-state index in [0.717, 1.165) is 48.4 Å². The van der Waals surface area contributed by atoms with Gasteiger partial charge in [-0.2, -0.15) is 0 Å². The molecule has 0 radical (unpaired) electrons. The standard InChI is InChI=1S/C15H19N5O2S2/c1-3-11-19-20-15(24-11)17-12(21)8(2)23-14-16-10-7-5-4-6-9(10)13(22)18-14/h8H,3-7H2,1-2H3,(H,16,18,22)(H,17,20,21)/t8-/m1/s1. The van der Waals surface area contributed by atoms with E-state index in [1.807, 2.05) is 6.92 Å². The summed E-state index contributed by atoms with van der Waals surface area (Å²) >= 11 is 2.62. The number of aromatic nitrogens is 4. The van der Waals surface area contributed by atoms with Crippen LogP contribution in [0.3, 0.4) is 0 Å². The molecule has 0 aromatic carbocycles. The van der Waals surface area contributed by atoms with Crippen molar-refractivity contribution >= 4 is 34.1 Å². The fourth-order valence-corrected chi connectivity index (χ4v) is 4.01. The monoisotopic (exact) mass is 365 g/mol. The smallest absolute Gasteiger partial charge is 0.254 e. The number of hydrogen-bond acceptors (Lipinski definition) is 7. The minimum Gasteiger partial charge on any atom is -0.301 e. The van der Waals surface area contributed by atoms with Gasteiger partial charge in [0.2, 0.25) is 11.0 Å². The van der Waals surface area contributed by atoms with Crippen molar-refractivity contribution in [2.45, 2.75) is 56.4 Å². The number of carbonyl (C=O) groups is 1. The molecule has 0 bridgehead atoms. The van der Waals surface area contributed by atoms with Gasteiger partial charge in [-0.15, -0.1) is 10.2 Å². The second kappa shape index (κ2) is 7.43. The van der Waals surface area contributed by atoms with Crippen LogP contribution in [0, 0.1) is 0 Å². The average Bonchev–Trinajstić information content (AvgIpc) is 3.02. The van der Waals surface area contributed by atoms with Crippen molar-refractivity contribution in [2.75, 3.05) is 5.32 Å². The van der Waals surface area contributed by atoms with E-state index in [1.165, 1.54) is 23.1 Å². The highest BCUT2D eigenvalue weighted by molar-refractivity contribution is 8.00. The van der Waals surface area contributed by atoms with E-state index in [2.05, 4.69) is 25.5 Å². The fourth-order valence-electron chi connectivity index (χ4n) is 2.51. The zero-order valence-corrected chi connectivity index (χ0v) is 15.2. The van der Waals surface area contributed by atoms with Crippen LogP contribution >= 0.6 is 23.1 Å². The van der Waals surface area contributed by atoms with Crippen molar-refractivity contribution in [3.8, 4) is 0 Å². The molecular formula is C15H19N5O2S2. The predicted octanol–water partition coefficient (Wildman–Crippen LogP) is 2.18. The third-order valence-electron chi connectivity index (χ3n) is 3.83. The summed E-state index contributed by atoms with van der Waals surface area (Å²) in [6.45, 7) is 3.77. The zero-order valence-electron chi connectivity index (χ0n) is 13.6. The molecule has 1 aliphatic rings. The number of nitrogens with one attached hydrogen (secondary N) is 2. The maximum atomic E-state index is 12.3. The van der Waals surface area contributed by atoms with Crippen molar-refractivity contribution in [1.82, 2.24) is 20.2 Å². The van der Waals surface area contributed by atoms with Gasteiger partial charge in [0.05, 0.1) is 10.9 Å². The molecule has 7 nitrogen and oxygen atoms in total. The van der Waals surface area contributed by atoms with E-state index >= 15 is 0 Å². The van der Waals surface area contributed by atoms with Crippen LogP contribution in [0.1, 0.15) is 43.0 Å². The minimum atomic E-state index is -0.399. The first kappa shape index (κ1) is 17.1. The Kier molecular flexibility index (Phi) is 5.30. The lowest BCUT2D eigenvalue weighted by molar-refractivity contribution is -0.115. The highest BCUT2D eigenvalue weighted by Gasteiger charge is 2.20. The number of aryl methyl sites for hydroxylation is 2. The summed E-state index contributed by atoms with van der Waals surface area (Å²) in [7, 11) is 0. The Labute approximate surface area is 147 Å². The third kappa shape index (κ3) is 3.84. The van der Waals surface area contributed by atoms with Crippen LogP contribution in [-0.4, -0.2) is 31.3 Å². The third-order valence-corrected chi connectivity index (χ3v) is 5.79. The first-order valence-electron chi connectivity index (χ1n) is 7.98. The van der Waals surface area contributed by atoms with Crippen LogP contribution in [0.15, 0.2) is 9.95 Å². The quantitative estimate of drug-likeness (QED) is 0.622. The van der Waals surface area contributed by atoms with Crippen LogP contribution in [0.5, 0.6) is 0 Å². The van der Waals surface area contributed by atoms with Gasteiger partial charge in [0.25, 0.3) is 5.56 Å². The normalized spacial score (nSPS) is 14.9. The van der Waals surface area contributed by atoms with Gasteiger partial charge in [-0.05, 0) is 39.0 Å². The maximum absolute atomic E-state index is 12.3. The average molecular weight is 365 g/mol. The van der Waals surface area contributed by atoms with E-state index in [-0.39, 0.29) is 11.5 Å². The number of H-pyrrole nitrogens is 1. The van der Waals surface area contributed by atoms with Gasteiger partial charge in [0, 0.05) is 5.56 Å². The Morgan fingerprint density at radius 2 is 2.17 bits per heavy atom. The molecule has 0 spiro atoms. The molecule has 0 unspecified atom stereocenters. The number of thioether (sulfide) groups is 1. The van der Waals surface area contributed by atoms with Crippen molar-refractivity contribution in [2.24, 2.45) is 0 Å². The molecule has 1 atom stereocenters. The second-order valence-electron chi connectivity index (χ2n) is 5.61. The molecule has 0 fully saturated rings. The Morgan fingerprint density at radius 3 is 2.92 bits per heavy atom. The zero-order chi connectivity index (χ0) is 17.1. The van der Waals surface area contributed by atoms with Gasteiger partial charge in [0.15, 0.2) is 5.16 Å². The van der Waals surface area contributed by atoms with Gasteiger partial charge in [0.1, 0.15) is 5.01 Å². The molecule has 1 amide bonds. The van der Waals surface area contributed by atoms with Crippen LogP contribution in [-0.2, 0) is 24.1 Å². The first-order chi connectivity index (χ1) is 11.6. The van der Waals surface area contributed by atoms with Crippen molar-refractivity contribution in [1.29, 1.82) is 0 Å². The number of rotatable bonds is 5. The molecule has 1 aliphatic carbocycles. The highest BCUT2D eigenvalue weighted by Crippen LogP contribution is 2.24. The Balaban J connectivity index is 1.67. The Morgan fingerprint density at radius 1 is 1.38 bits per heavy atom. The lowest BCUT2D eigenvalue weighted by Crippen LogP contribution is -2.25. The summed E-state index contributed by atoms with van der Waals surface area (Å²) in [4.78, 5) is 31.7. The minimum absolute atomic E-state index is 0.0773. The SMILES string of the molecule is CCc1nnc(NC(=O)[C@@H](C)Sc2nc3c(c(=O)[nH]2)CCCC3)s1. The number of fused-ring (bicyclic) bond motifs is 1. The van der Waals surface area contributed by atoms with E-state index in [0.29, 0.717) is 10.3 Å². The van der Waals surface area contributed by atoms with Gasteiger partial charge in [-0.3, -0.25) is 14.9 Å². The van der Waals surface area contributed by atoms with Crippen LogP contribution in [0.2, 0.25) is 0 Å². The summed E-state index contributed by atoms with van der Waals surface area (Å²) in [5.74, 6) is -0.181. The second-order valence-corrected chi connectivity index (χ2v) is 8.00. The van der Waals surface area contributed by atoms with Crippen LogP contribution < -0.4 is 10.9 Å². The van der Waals surface area contributed by atoms with Crippen molar-refractivity contribution in [3.63, 3.8) is 0 Å². The Bertz CT molecular complexity index is 801.